The Morgan fingerprint density at radius 1 is 1.20 bits per heavy atom. The number of amides is 1. The molecule has 3 nitrogen and oxygen atoms in total. The van der Waals surface area contributed by atoms with E-state index < -0.39 is 0 Å². The summed E-state index contributed by atoms with van der Waals surface area (Å²) >= 11 is 5.76. The van der Waals surface area contributed by atoms with Crippen molar-refractivity contribution in [3.8, 4) is 0 Å². The van der Waals surface area contributed by atoms with Crippen LogP contribution in [-0.4, -0.2) is 46.8 Å². The third-order valence-electron chi connectivity index (χ3n) is 4.23. The van der Waals surface area contributed by atoms with E-state index in [1.165, 1.54) is 5.56 Å². The van der Waals surface area contributed by atoms with Gasteiger partial charge in [-0.3, -0.25) is 9.69 Å². The highest BCUT2D eigenvalue weighted by atomic mass is 35.5. The number of benzene rings is 1. The molecule has 0 spiro atoms. The van der Waals surface area contributed by atoms with Gasteiger partial charge in [0, 0.05) is 31.7 Å². The van der Waals surface area contributed by atoms with Crippen molar-refractivity contribution in [3.63, 3.8) is 0 Å². The summed E-state index contributed by atoms with van der Waals surface area (Å²) in [5.74, 6) is 0.229. The van der Waals surface area contributed by atoms with Crippen LogP contribution >= 0.6 is 11.6 Å². The fourth-order valence-electron chi connectivity index (χ4n) is 3.15. The molecule has 0 bridgehead atoms. The molecule has 20 heavy (non-hydrogen) atoms. The summed E-state index contributed by atoms with van der Waals surface area (Å²) in [4.78, 5) is 16.5. The van der Waals surface area contributed by atoms with E-state index in [4.69, 9.17) is 11.6 Å². The standard InChI is InChI=1S/C16H21ClN2O/c17-10-16(20)19(14-6-7-14)15-8-9-18(12-15)11-13-4-2-1-3-5-13/h1-5,14-15H,6-12H2/t15-/m1/s1. The Morgan fingerprint density at radius 3 is 2.60 bits per heavy atom. The van der Waals surface area contributed by atoms with Crippen molar-refractivity contribution < 1.29 is 4.79 Å². The molecule has 0 radical (unpaired) electrons. The number of rotatable bonds is 5. The molecule has 1 amide bonds. The maximum absolute atomic E-state index is 12.0. The first kappa shape index (κ1) is 13.9. The Labute approximate surface area is 125 Å². The second-order valence-corrected chi connectivity index (χ2v) is 6.10. The van der Waals surface area contributed by atoms with E-state index in [1.807, 2.05) is 6.07 Å². The van der Waals surface area contributed by atoms with Gasteiger partial charge in [-0.15, -0.1) is 11.6 Å². The lowest BCUT2D eigenvalue weighted by molar-refractivity contribution is -0.131. The Kier molecular flexibility index (Phi) is 4.27. The largest absolute Gasteiger partial charge is 0.334 e. The van der Waals surface area contributed by atoms with Crippen LogP contribution in [0, 0.1) is 0 Å². The zero-order chi connectivity index (χ0) is 13.9. The number of carbonyl (C=O) groups is 1. The Morgan fingerprint density at radius 2 is 1.95 bits per heavy atom. The molecule has 1 heterocycles. The van der Waals surface area contributed by atoms with Gasteiger partial charge in [-0.2, -0.15) is 0 Å². The average molecular weight is 293 g/mol. The number of hydrogen-bond donors (Lipinski definition) is 0. The smallest absolute Gasteiger partial charge is 0.238 e. The lowest BCUT2D eigenvalue weighted by Crippen LogP contribution is -2.44. The molecular formula is C16H21ClN2O. The first-order valence-electron chi connectivity index (χ1n) is 7.41. The van der Waals surface area contributed by atoms with Gasteiger partial charge in [-0.05, 0) is 24.8 Å². The van der Waals surface area contributed by atoms with E-state index in [0.29, 0.717) is 12.1 Å². The van der Waals surface area contributed by atoms with Crippen molar-refractivity contribution in [2.24, 2.45) is 0 Å². The second kappa shape index (κ2) is 6.15. The quantitative estimate of drug-likeness (QED) is 0.779. The number of carbonyl (C=O) groups excluding carboxylic acids is 1. The third kappa shape index (κ3) is 3.15. The van der Waals surface area contributed by atoms with E-state index in [-0.39, 0.29) is 11.8 Å². The fourth-order valence-corrected chi connectivity index (χ4v) is 3.29. The lowest BCUT2D eigenvalue weighted by Gasteiger charge is -2.28. The van der Waals surface area contributed by atoms with Crippen molar-refractivity contribution >= 4 is 17.5 Å². The Balaban J connectivity index is 1.59. The van der Waals surface area contributed by atoms with Gasteiger partial charge in [-0.25, -0.2) is 0 Å². The molecule has 0 unspecified atom stereocenters. The average Bonchev–Trinajstić information content (AvgIpc) is 3.20. The topological polar surface area (TPSA) is 23.6 Å². The maximum atomic E-state index is 12.0. The van der Waals surface area contributed by atoms with Crippen LogP contribution in [0.25, 0.3) is 0 Å². The lowest BCUT2D eigenvalue weighted by atomic mass is 10.2. The van der Waals surface area contributed by atoms with Gasteiger partial charge in [-0.1, -0.05) is 30.3 Å². The van der Waals surface area contributed by atoms with E-state index in [1.54, 1.807) is 0 Å². The van der Waals surface area contributed by atoms with Gasteiger partial charge in [0.15, 0.2) is 0 Å². The molecule has 0 N–H and O–H groups in total. The molecule has 4 heteroatoms. The molecule has 3 rings (SSSR count). The van der Waals surface area contributed by atoms with Crippen LogP contribution in [0.15, 0.2) is 30.3 Å². The first-order valence-corrected chi connectivity index (χ1v) is 7.95. The third-order valence-corrected chi connectivity index (χ3v) is 4.46. The minimum Gasteiger partial charge on any atom is -0.334 e. The first-order chi connectivity index (χ1) is 9.78. The van der Waals surface area contributed by atoms with Gasteiger partial charge in [0.2, 0.25) is 5.91 Å². The molecule has 0 aromatic heterocycles. The van der Waals surface area contributed by atoms with E-state index in [0.717, 1.165) is 38.9 Å². The van der Waals surface area contributed by atoms with Gasteiger partial charge in [0.25, 0.3) is 0 Å². The predicted octanol–water partition coefficient (Wildman–Crippen LogP) is 2.49. The molecule has 1 aromatic carbocycles. The van der Waals surface area contributed by atoms with Gasteiger partial charge < -0.3 is 4.90 Å². The summed E-state index contributed by atoms with van der Waals surface area (Å²) < 4.78 is 0. The van der Waals surface area contributed by atoms with Gasteiger partial charge in [0.05, 0.1) is 0 Å². The minimum absolute atomic E-state index is 0.112. The summed E-state index contributed by atoms with van der Waals surface area (Å²) in [6, 6.07) is 11.4. The van der Waals surface area contributed by atoms with Gasteiger partial charge >= 0.3 is 0 Å². The van der Waals surface area contributed by atoms with Crippen molar-refractivity contribution in [1.29, 1.82) is 0 Å². The van der Waals surface area contributed by atoms with Crippen molar-refractivity contribution in [2.75, 3.05) is 19.0 Å². The zero-order valence-electron chi connectivity index (χ0n) is 11.7. The highest BCUT2D eigenvalue weighted by molar-refractivity contribution is 6.27. The van der Waals surface area contributed by atoms with Crippen molar-refractivity contribution in [2.45, 2.75) is 37.9 Å². The SMILES string of the molecule is O=C(CCl)N(C1CC1)[C@@H]1CCN(Cc2ccccc2)C1. The highest BCUT2D eigenvalue weighted by Gasteiger charge is 2.39. The van der Waals surface area contributed by atoms with Crippen LogP contribution in [0.5, 0.6) is 0 Å². The number of alkyl halides is 1. The van der Waals surface area contributed by atoms with Crippen LogP contribution in [0.3, 0.4) is 0 Å². The molecule has 1 aromatic rings. The molecule has 1 aliphatic carbocycles. The molecule has 108 valence electrons. The zero-order valence-corrected chi connectivity index (χ0v) is 12.4. The van der Waals surface area contributed by atoms with Crippen LogP contribution in [-0.2, 0) is 11.3 Å². The van der Waals surface area contributed by atoms with Crippen LogP contribution < -0.4 is 0 Å². The number of likely N-dealkylation sites (tertiary alicyclic amines) is 1. The molecule has 1 atom stereocenters. The summed E-state index contributed by atoms with van der Waals surface area (Å²) in [6.07, 6.45) is 3.38. The Hall–Kier alpha value is -1.06. The monoisotopic (exact) mass is 292 g/mol. The number of nitrogens with zero attached hydrogens (tertiary/aromatic N) is 2. The van der Waals surface area contributed by atoms with Crippen LogP contribution in [0.2, 0.25) is 0 Å². The fraction of sp³-hybridized carbons (Fsp3) is 0.562. The maximum Gasteiger partial charge on any atom is 0.238 e. The summed E-state index contributed by atoms with van der Waals surface area (Å²) in [5, 5.41) is 0. The van der Waals surface area contributed by atoms with Crippen molar-refractivity contribution in [1.82, 2.24) is 9.80 Å². The number of hydrogen-bond acceptors (Lipinski definition) is 2. The van der Waals surface area contributed by atoms with Gasteiger partial charge in [0.1, 0.15) is 5.88 Å². The molecule has 1 aliphatic heterocycles. The molecule has 1 saturated carbocycles. The van der Waals surface area contributed by atoms with E-state index in [2.05, 4.69) is 34.1 Å². The summed E-state index contributed by atoms with van der Waals surface area (Å²) in [6.45, 7) is 3.03. The highest BCUT2D eigenvalue weighted by Crippen LogP contribution is 2.32. The molecule has 2 fully saturated rings. The number of halogens is 1. The predicted molar refractivity (Wildman–Crippen MR) is 80.7 cm³/mol. The normalized spacial score (nSPS) is 22.9. The van der Waals surface area contributed by atoms with Crippen molar-refractivity contribution in [3.05, 3.63) is 35.9 Å². The van der Waals surface area contributed by atoms with Crippen LogP contribution in [0.1, 0.15) is 24.8 Å². The van der Waals surface area contributed by atoms with E-state index >= 15 is 0 Å². The van der Waals surface area contributed by atoms with E-state index in [9.17, 15) is 4.79 Å². The summed E-state index contributed by atoms with van der Waals surface area (Å²) in [5.41, 5.74) is 1.34. The molecule has 1 saturated heterocycles. The molecular weight excluding hydrogens is 272 g/mol. The minimum atomic E-state index is 0.112. The Bertz CT molecular complexity index is 461. The second-order valence-electron chi connectivity index (χ2n) is 5.83. The van der Waals surface area contributed by atoms with Crippen LogP contribution in [0.4, 0.5) is 0 Å². The summed E-state index contributed by atoms with van der Waals surface area (Å²) in [7, 11) is 0. The molecule has 2 aliphatic rings.